The Morgan fingerprint density at radius 2 is 1.94 bits per heavy atom. The lowest BCUT2D eigenvalue weighted by molar-refractivity contribution is -0.734. The van der Waals surface area contributed by atoms with Crippen LogP contribution in [-0.4, -0.2) is 11.2 Å². The third-order valence-electron chi connectivity index (χ3n) is 2.17. The Bertz CT molecular complexity index is 373. The Balaban J connectivity index is 2.54. The van der Waals surface area contributed by atoms with Gasteiger partial charge >= 0.3 is 0 Å². The molecule has 0 saturated carbocycles. The minimum Gasteiger partial charge on any atom is -0.848 e. The van der Waals surface area contributed by atoms with Crippen molar-refractivity contribution in [1.29, 1.82) is 0 Å². The number of nitrogens with one attached hydrogen (secondary N) is 1. The number of hydrogen-bond donors (Lipinski definition) is 2. The van der Waals surface area contributed by atoms with E-state index in [-0.39, 0.29) is 11.5 Å². The van der Waals surface area contributed by atoms with Gasteiger partial charge in [0, 0.05) is 18.3 Å². The molecule has 0 heterocycles. The number of hydrogen-bond acceptors (Lipinski definition) is 4. The maximum absolute atomic E-state index is 11.2. The molecular formula is C11H13BrN2O3-2. The highest BCUT2D eigenvalue weighted by Crippen LogP contribution is 2.08. The van der Waals surface area contributed by atoms with Gasteiger partial charge in [0.2, 0.25) is 5.91 Å². The highest BCUT2D eigenvalue weighted by Gasteiger charge is 2.01. The van der Waals surface area contributed by atoms with Crippen molar-refractivity contribution in [2.24, 2.45) is 5.73 Å². The third-order valence-corrected chi connectivity index (χ3v) is 2.56. The molecular weight excluding hydrogens is 288 g/mol. The van der Waals surface area contributed by atoms with Gasteiger partial charge in [0.05, 0.1) is 0 Å². The molecule has 0 aromatic heterocycles. The van der Waals surface area contributed by atoms with E-state index in [0.29, 0.717) is 18.3 Å². The molecule has 3 N–H and O–H groups in total. The molecule has 1 rings (SSSR count). The first-order valence-corrected chi connectivity index (χ1v) is 6.17. The molecule has 0 saturated heterocycles. The second-order valence-corrected chi connectivity index (χ2v) is 4.37. The van der Waals surface area contributed by atoms with Crippen LogP contribution in [0.15, 0.2) is 24.3 Å². The quantitative estimate of drug-likeness (QED) is 0.531. The zero-order chi connectivity index (χ0) is 12.9. The van der Waals surface area contributed by atoms with E-state index in [2.05, 4.69) is 21.2 Å². The van der Waals surface area contributed by atoms with Crippen LogP contribution in [0.2, 0.25) is 0 Å². The molecule has 6 heteroatoms. The lowest BCUT2D eigenvalue weighted by atomic mass is 10.1. The molecule has 0 aliphatic carbocycles. The number of amides is 1. The Morgan fingerprint density at radius 1 is 1.35 bits per heavy atom. The number of carbonyl (C=O) groups excluding carboxylic acids is 1. The van der Waals surface area contributed by atoms with E-state index in [0.717, 1.165) is 5.56 Å². The van der Waals surface area contributed by atoms with Crippen molar-refractivity contribution in [3.8, 4) is 0 Å². The SMILES string of the molecule is NC([O-])([O-])c1ccc(CNC(=O)CCBr)cc1. The van der Waals surface area contributed by atoms with Gasteiger partial charge in [-0.2, -0.15) is 0 Å². The smallest absolute Gasteiger partial charge is 0.221 e. The molecule has 1 amide bonds. The maximum Gasteiger partial charge on any atom is 0.221 e. The van der Waals surface area contributed by atoms with Crippen LogP contribution in [0, 0.1) is 0 Å². The zero-order valence-corrected chi connectivity index (χ0v) is 10.7. The molecule has 1 aromatic carbocycles. The molecule has 0 radical (unpaired) electrons. The molecule has 0 fully saturated rings. The van der Waals surface area contributed by atoms with Crippen molar-refractivity contribution in [3.63, 3.8) is 0 Å². The van der Waals surface area contributed by atoms with Crippen molar-refractivity contribution >= 4 is 21.8 Å². The molecule has 94 valence electrons. The summed E-state index contributed by atoms with van der Waals surface area (Å²) in [5.41, 5.74) is 5.67. The maximum atomic E-state index is 11.2. The number of halogens is 1. The predicted octanol–water partition coefficient (Wildman–Crippen LogP) is -1.12. The summed E-state index contributed by atoms with van der Waals surface area (Å²) >= 11 is 3.16. The largest absolute Gasteiger partial charge is 0.848 e. The van der Waals surface area contributed by atoms with Crippen molar-refractivity contribution < 1.29 is 15.0 Å². The normalized spacial score (nSPS) is 11.3. The van der Waals surface area contributed by atoms with E-state index in [1.165, 1.54) is 12.1 Å². The van der Waals surface area contributed by atoms with Gasteiger partial charge in [-0.05, 0) is 5.56 Å². The monoisotopic (exact) mass is 300 g/mol. The second-order valence-electron chi connectivity index (χ2n) is 3.58. The summed E-state index contributed by atoms with van der Waals surface area (Å²) in [5, 5.41) is 25.1. The molecule has 5 nitrogen and oxygen atoms in total. The number of benzene rings is 1. The fraction of sp³-hybridized carbons (Fsp3) is 0.364. The number of carbonyl (C=O) groups is 1. The van der Waals surface area contributed by atoms with E-state index in [1.54, 1.807) is 12.1 Å². The van der Waals surface area contributed by atoms with Crippen molar-refractivity contribution in [1.82, 2.24) is 5.32 Å². The number of nitrogens with two attached hydrogens (primary N) is 1. The van der Waals surface area contributed by atoms with Crippen molar-refractivity contribution in [2.45, 2.75) is 18.9 Å². The molecule has 0 unspecified atom stereocenters. The van der Waals surface area contributed by atoms with Gasteiger partial charge in [0.25, 0.3) is 0 Å². The van der Waals surface area contributed by atoms with Crippen LogP contribution in [0.4, 0.5) is 0 Å². The fourth-order valence-electron chi connectivity index (χ4n) is 1.23. The van der Waals surface area contributed by atoms with Crippen LogP contribution in [0.25, 0.3) is 0 Å². The van der Waals surface area contributed by atoms with Crippen LogP contribution in [-0.2, 0) is 17.3 Å². The molecule has 0 aliphatic rings. The minimum absolute atomic E-state index is 0.0203. The van der Waals surface area contributed by atoms with Crippen LogP contribution >= 0.6 is 15.9 Å². The van der Waals surface area contributed by atoms with Crippen LogP contribution < -0.4 is 21.3 Å². The molecule has 17 heavy (non-hydrogen) atoms. The summed E-state index contributed by atoms with van der Waals surface area (Å²) in [4.78, 5) is 11.2. The summed E-state index contributed by atoms with van der Waals surface area (Å²) in [6.07, 6.45) is 0.408. The predicted molar refractivity (Wildman–Crippen MR) is 62.6 cm³/mol. The van der Waals surface area contributed by atoms with E-state index in [4.69, 9.17) is 5.73 Å². The first kappa shape index (κ1) is 14.1. The highest BCUT2D eigenvalue weighted by molar-refractivity contribution is 9.09. The van der Waals surface area contributed by atoms with Gasteiger partial charge < -0.3 is 21.3 Å². The van der Waals surface area contributed by atoms with E-state index in [1.807, 2.05) is 0 Å². The van der Waals surface area contributed by atoms with Crippen LogP contribution in [0.1, 0.15) is 17.5 Å². The summed E-state index contributed by atoms with van der Waals surface area (Å²) in [6, 6.07) is 5.96. The Hall–Kier alpha value is -0.950. The molecule has 0 bridgehead atoms. The minimum atomic E-state index is -2.82. The summed E-state index contributed by atoms with van der Waals surface area (Å²) in [7, 11) is 0. The van der Waals surface area contributed by atoms with Crippen molar-refractivity contribution in [2.75, 3.05) is 5.33 Å². The van der Waals surface area contributed by atoms with E-state index < -0.39 is 5.91 Å². The first-order valence-electron chi connectivity index (χ1n) is 5.05. The van der Waals surface area contributed by atoms with Crippen LogP contribution in [0.3, 0.4) is 0 Å². The standard InChI is InChI=1S/C11H13BrN2O3/c12-6-5-10(15)14-7-8-1-3-9(4-2-8)11(13,16)17/h1-4H,5-7,13H2,(H,14,15)/q-2. The average molecular weight is 301 g/mol. The van der Waals surface area contributed by atoms with Crippen molar-refractivity contribution in [3.05, 3.63) is 35.4 Å². The lowest BCUT2D eigenvalue weighted by Crippen LogP contribution is -2.60. The van der Waals surface area contributed by atoms with Gasteiger partial charge in [-0.25, -0.2) is 0 Å². The first-order chi connectivity index (χ1) is 7.93. The van der Waals surface area contributed by atoms with E-state index >= 15 is 0 Å². The van der Waals surface area contributed by atoms with Gasteiger partial charge in [-0.1, -0.05) is 45.8 Å². The van der Waals surface area contributed by atoms with Gasteiger partial charge in [0.1, 0.15) is 0 Å². The number of alkyl halides is 1. The molecule has 1 aromatic rings. The Kier molecular flexibility index (Phi) is 5.07. The lowest BCUT2D eigenvalue weighted by Gasteiger charge is -2.44. The highest BCUT2D eigenvalue weighted by atomic mass is 79.9. The van der Waals surface area contributed by atoms with Crippen LogP contribution in [0.5, 0.6) is 0 Å². The zero-order valence-electron chi connectivity index (χ0n) is 9.11. The Morgan fingerprint density at radius 3 is 2.41 bits per heavy atom. The molecule has 0 atom stereocenters. The number of rotatable bonds is 5. The Labute approximate surface area is 108 Å². The summed E-state index contributed by atoms with van der Waals surface area (Å²) < 4.78 is 0. The summed E-state index contributed by atoms with van der Waals surface area (Å²) in [5.74, 6) is -2.88. The van der Waals surface area contributed by atoms with Gasteiger partial charge in [-0.3, -0.25) is 4.79 Å². The second kappa shape index (κ2) is 6.11. The fourth-order valence-corrected chi connectivity index (χ4v) is 1.59. The van der Waals surface area contributed by atoms with E-state index in [9.17, 15) is 15.0 Å². The summed E-state index contributed by atoms with van der Waals surface area (Å²) in [6.45, 7) is 0.362. The molecule has 0 aliphatic heterocycles. The van der Waals surface area contributed by atoms with Gasteiger partial charge in [0.15, 0.2) is 0 Å². The third kappa shape index (κ3) is 4.82. The van der Waals surface area contributed by atoms with Gasteiger partial charge in [-0.15, -0.1) is 5.91 Å². The topological polar surface area (TPSA) is 101 Å². The average Bonchev–Trinajstić information content (AvgIpc) is 2.26. The molecule has 0 spiro atoms.